The lowest BCUT2D eigenvalue weighted by Gasteiger charge is -2.07. The Balaban J connectivity index is 2.24. The van der Waals surface area contributed by atoms with Crippen LogP contribution in [0.15, 0.2) is 34.9 Å². The maximum absolute atomic E-state index is 10.9. The third-order valence-electron chi connectivity index (χ3n) is 2.70. The summed E-state index contributed by atoms with van der Waals surface area (Å²) in [5.41, 5.74) is -0.306. The van der Waals surface area contributed by atoms with E-state index in [1.165, 1.54) is 37.6 Å². The van der Waals surface area contributed by atoms with Crippen molar-refractivity contribution in [1.82, 2.24) is 0 Å². The Kier molecular flexibility index (Phi) is 4.07. The summed E-state index contributed by atoms with van der Waals surface area (Å²) in [4.78, 5) is 21.2. The largest absolute Gasteiger partial charge is 0.497 e. The second-order valence-electron chi connectivity index (χ2n) is 3.94. The Morgan fingerprint density at radius 1 is 1.43 bits per heavy atom. The predicted octanol–water partition coefficient (Wildman–Crippen LogP) is 2.47. The molecule has 0 spiro atoms. The summed E-state index contributed by atoms with van der Waals surface area (Å²) in [6.07, 6.45) is 1.21. The second-order valence-corrected chi connectivity index (χ2v) is 3.94. The number of hydrogen-bond acceptors (Lipinski definition) is 6. The van der Waals surface area contributed by atoms with E-state index in [2.05, 4.69) is 0 Å². The van der Waals surface area contributed by atoms with E-state index in [1.807, 2.05) is 0 Å². The van der Waals surface area contributed by atoms with Crippen molar-refractivity contribution in [2.75, 3.05) is 7.11 Å². The van der Waals surface area contributed by atoms with Crippen LogP contribution in [0.1, 0.15) is 16.1 Å². The first-order valence-corrected chi connectivity index (χ1v) is 5.78. The second kappa shape index (κ2) is 5.95. The summed E-state index contributed by atoms with van der Waals surface area (Å²) in [5.74, 6) is -0.747. The third kappa shape index (κ3) is 3.11. The molecule has 0 aliphatic carbocycles. The number of aromatic carboxylic acids is 1. The molecule has 0 amide bonds. The van der Waals surface area contributed by atoms with Crippen LogP contribution in [0.2, 0.25) is 0 Å². The average molecular weight is 293 g/mol. The Bertz CT molecular complexity index is 677. The van der Waals surface area contributed by atoms with E-state index in [9.17, 15) is 14.9 Å². The molecule has 21 heavy (non-hydrogen) atoms. The lowest BCUT2D eigenvalue weighted by atomic mass is 10.2. The molecule has 2 rings (SSSR count). The predicted molar refractivity (Wildman–Crippen MR) is 69.6 cm³/mol. The van der Waals surface area contributed by atoms with Crippen molar-refractivity contribution < 1.29 is 28.7 Å². The molecule has 0 aliphatic heterocycles. The summed E-state index contributed by atoms with van der Waals surface area (Å²) in [7, 11) is 1.42. The molecule has 1 aromatic heterocycles. The molecule has 0 saturated heterocycles. The first-order valence-electron chi connectivity index (χ1n) is 5.78. The van der Waals surface area contributed by atoms with Gasteiger partial charge in [-0.05, 0) is 12.1 Å². The summed E-state index contributed by atoms with van der Waals surface area (Å²) < 4.78 is 15.3. The minimum atomic E-state index is -1.16. The van der Waals surface area contributed by atoms with Crippen LogP contribution in [0.3, 0.4) is 0 Å². The van der Waals surface area contributed by atoms with E-state index in [4.69, 9.17) is 19.0 Å². The molecule has 1 aromatic carbocycles. The Labute approximate surface area is 118 Å². The number of methoxy groups -OCH3 is 1. The molecule has 0 unspecified atom stereocenters. The fourth-order valence-corrected chi connectivity index (χ4v) is 1.67. The fraction of sp³-hybridized carbons (Fsp3) is 0.154. The van der Waals surface area contributed by atoms with Gasteiger partial charge in [0, 0.05) is 12.1 Å². The van der Waals surface area contributed by atoms with Crippen LogP contribution in [0.4, 0.5) is 5.69 Å². The number of nitro benzene ring substituents is 1. The molecule has 0 aliphatic rings. The van der Waals surface area contributed by atoms with Crippen LogP contribution < -0.4 is 9.47 Å². The maximum Gasteiger partial charge on any atom is 0.339 e. The number of benzene rings is 1. The Morgan fingerprint density at radius 3 is 2.81 bits per heavy atom. The summed E-state index contributed by atoms with van der Waals surface area (Å²) in [6, 6.07) is 5.30. The van der Waals surface area contributed by atoms with Gasteiger partial charge in [-0.2, -0.15) is 0 Å². The lowest BCUT2D eigenvalue weighted by molar-refractivity contribution is -0.386. The van der Waals surface area contributed by atoms with E-state index in [0.29, 0.717) is 5.75 Å². The van der Waals surface area contributed by atoms with Gasteiger partial charge in [0.2, 0.25) is 5.75 Å². The smallest absolute Gasteiger partial charge is 0.339 e. The normalized spacial score (nSPS) is 10.1. The van der Waals surface area contributed by atoms with Crippen LogP contribution in [-0.2, 0) is 6.61 Å². The highest BCUT2D eigenvalue weighted by Crippen LogP contribution is 2.31. The van der Waals surface area contributed by atoms with Crippen molar-refractivity contribution in [3.05, 3.63) is 52.0 Å². The first-order chi connectivity index (χ1) is 10.0. The van der Waals surface area contributed by atoms with E-state index >= 15 is 0 Å². The van der Waals surface area contributed by atoms with Gasteiger partial charge in [-0.25, -0.2) is 4.79 Å². The number of carboxylic acid groups (broad SMARTS) is 1. The molecule has 8 heteroatoms. The Morgan fingerprint density at radius 2 is 2.19 bits per heavy atom. The number of carboxylic acids is 1. The fourth-order valence-electron chi connectivity index (χ4n) is 1.67. The van der Waals surface area contributed by atoms with Gasteiger partial charge in [0.1, 0.15) is 17.9 Å². The Hall–Kier alpha value is -3.03. The zero-order valence-corrected chi connectivity index (χ0v) is 10.9. The quantitative estimate of drug-likeness (QED) is 0.643. The van der Waals surface area contributed by atoms with Crippen LogP contribution in [0.25, 0.3) is 0 Å². The molecule has 0 saturated carbocycles. The van der Waals surface area contributed by atoms with Crippen molar-refractivity contribution in [3.63, 3.8) is 0 Å². The van der Waals surface area contributed by atoms with Crippen molar-refractivity contribution in [3.8, 4) is 11.5 Å². The molecule has 0 bridgehead atoms. The summed E-state index contributed by atoms with van der Waals surface area (Å²) in [5, 5.41) is 19.9. The van der Waals surface area contributed by atoms with Crippen molar-refractivity contribution in [2.45, 2.75) is 6.61 Å². The summed E-state index contributed by atoms with van der Waals surface area (Å²) in [6.45, 7) is -0.247. The van der Waals surface area contributed by atoms with Gasteiger partial charge in [0.15, 0.2) is 5.76 Å². The number of hydrogen-bond donors (Lipinski definition) is 1. The van der Waals surface area contributed by atoms with Crippen molar-refractivity contribution in [2.24, 2.45) is 0 Å². The zero-order chi connectivity index (χ0) is 15.4. The van der Waals surface area contributed by atoms with Gasteiger partial charge in [-0.1, -0.05) is 0 Å². The van der Waals surface area contributed by atoms with Gasteiger partial charge in [-0.15, -0.1) is 0 Å². The number of nitro groups is 1. The molecule has 1 heterocycles. The van der Waals surface area contributed by atoms with Crippen molar-refractivity contribution in [1.29, 1.82) is 0 Å². The molecular weight excluding hydrogens is 282 g/mol. The van der Waals surface area contributed by atoms with Gasteiger partial charge in [0.05, 0.1) is 18.3 Å². The standard InChI is InChI=1S/C13H11NO7/c1-19-8-2-3-10(14(17)18)11(6-8)21-7-12-9(13(15)16)4-5-20-12/h2-6H,7H2,1H3,(H,15,16). The van der Waals surface area contributed by atoms with Crippen LogP contribution in [0.5, 0.6) is 11.5 Å². The number of nitrogens with zero attached hydrogens (tertiary/aromatic N) is 1. The van der Waals surface area contributed by atoms with Gasteiger partial charge in [0.25, 0.3) is 0 Å². The molecule has 0 atom stereocenters. The molecule has 0 fully saturated rings. The van der Waals surface area contributed by atoms with Gasteiger partial charge < -0.3 is 19.0 Å². The van der Waals surface area contributed by atoms with Crippen LogP contribution in [-0.4, -0.2) is 23.1 Å². The lowest BCUT2D eigenvalue weighted by Crippen LogP contribution is -2.04. The molecule has 1 N–H and O–H groups in total. The topological polar surface area (TPSA) is 112 Å². The van der Waals surface area contributed by atoms with Crippen molar-refractivity contribution >= 4 is 11.7 Å². The number of rotatable bonds is 6. The van der Waals surface area contributed by atoms with Gasteiger partial charge in [-0.3, -0.25) is 10.1 Å². The van der Waals surface area contributed by atoms with E-state index in [0.717, 1.165) is 0 Å². The highest BCUT2D eigenvalue weighted by atomic mass is 16.6. The highest BCUT2D eigenvalue weighted by molar-refractivity contribution is 5.88. The number of ether oxygens (including phenoxy) is 2. The van der Waals surface area contributed by atoms with E-state index in [1.54, 1.807) is 0 Å². The highest BCUT2D eigenvalue weighted by Gasteiger charge is 2.19. The minimum absolute atomic E-state index is 0.0351. The van der Waals surface area contributed by atoms with Crippen LogP contribution in [0, 0.1) is 10.1 Å². The van der Waals surface area contributed by atoms with Crippen LogP contribution >= 0.6 is 0 Å². The summed E-state index contributed by atoms with van der Waals surface area (Å²) >= 11 is 0. The number of furan rings is 1. The monoisotopic (exact) mass is 293 g/mol. The van der Waals surface area contributed by atoms with Gasteiger partial charge >= 0.3 is 11.7 Å². The number of carbonyl (C=O) groups is 1. The zero-order valence-electron chi connectivity index (χ0n) is 10.9. The molecule has 0 radical (unpaired) electrons. The average Bonchev–Trinajstić information content (AvgIpc) is 2.93. The van der Waals surface area contributed by atoms with E-state index in [-0.39, 0.29) is 29.4 Å². The first kappa shape index (κ1) is 14.4. The maximum atomic E-state index is 10.9. The molecular formula is C13H11NO7. The molecule has 8 nitrogen and oxygen atoms in total. The molecule has 110 valence electrons. The molecule has 2 aromatic rings. The van der Waals surface area contributed by atoms with E-state index < -0.39 is 10.9 Å². The third-order valence-corrected chi connectivity index (χ3v) is 2.70. The SMILES string of the molecule is COc1ccc([N+](=O)[O-])c(OCc2occc2C(=O)O)c1. The minimum Gasteiger partial charge on any atom is -0.497 e.